The summed E-state index contributed by atoms with van der Waals surface area (Å²) in [6.45, 7) is 1.35. The van der Waals surface area contributed by atoms with Gasteiger partial charge in [0.05, 0.1) is 6.54 Å². The van der Waals surface area contributed by atoms with Gasteiger partial charge in [0.2, 0.25) is 0 Å². The molecule has 17 heavy (non-hydrogen) atoms. The van der Waals surface area contributed by atoms with E-state index in [9.17, 15) is 8.78 Å². The molecule has 88 valence electrons. The number of rotatable bonds is 2. The van der Waals surface area contributed by atoms with Gasteiger partial charge >= 0.3 is 0 Å². The van der Waals surface area contributed by atoms with Crippen molar-refractivity contribution in [2.45, 2.75) is 13.0 Å². The molecule has 1 aliphatic heterocycles. The van der Waals surface area contributed by atoms with E-state index in [1.807, 2.05) is 4.90 Å². The van der Waals surface area contributed by atoms with Crippen LogP contribution < -0.4 is 4.90 Å². The van der Waals surface area contributed by atoms with Gasteiger partial charge in [-0.2, -0.15) is 0 Å². The van der Waals surface area contributed by atoms with Crippen molar-refractivity contribution in [2.75, 3.05) is 11.4 Å². The van der Waals surface area contributed by atoms with Crippen LogP contribution in [0.2, 0.25) is 0 Å². The van der Waals surface area contributed by atoms with Crippen LogP contribution in [0.5, 0.6) is 0 Å². The summed E-state index contributed by atoms with van der Waals surface area (Å²) >= 11 is 0. The Hall–Kier alpha value is -1.91. The average molecular weight is 235 g/mol. The molecule has 1 aromatic heterocycles. The highest BCUT2D eigenvalue weighted by Crippen LogP contribution is 2.30. The number of nitrogens with one attached hydrogen (secondary N) is 1. The van der Waals surface area contributed by atoms with Crippen molar-refractivity contribution in [1.29, 1.82) is 0 Å². The molecule has 5 heteroatoms. The molecule has 1 aliphatic rings. The lowest BCUT2D eigenvalue weighted by molar-refractivity contribution is 0.508. The fraction of sp³-hybridized carbons (Fsp3) is 0.250. The molecule has 1 aromatic carbocycles. The van der Waals surface area contributed by atoms with Gasteiger partial charge in [-0.05, 0) is 18.1 Å². The Morgan fingerprint density at radius 1 is 1.29 bits per heavy atom. The molecule has 0 radical (unpaired) electrons. The number of hydrogen-bond acceptors (Lipinski definition) is 2. The number of halogens is 2. The molecule has 0 unspecified atom stereocenters. The second kappa shape index (κ2) is 3.84. The van der Waals surface area contributed by atoms with E-state index in [0.29, 0.717) is 6.54 Å². The molecule has 3 nitrogen and oxygen atoms in total. The standard InChI is InChI=1S/C12H11F2N3/c13-9-5-8-1-4-17(11(8)6-10(9)14)7-12-15-2-3-16-12/h2-3,5-6H,1,4,7H2,(H,15,16). The number of nitrogens with zero attached hydrogens (tertiary/aromatic N) is 2. The van der Waals surface area contributed by atoms with E-state index >= 15 is 0 Å². The summed E-state index contributed by atoms with van der Waals surface area (Å²) in [4.78, 5) is 9.12. The molecule has 0 amide bonds. The summed E-state index contributed by atoms with van der Waals surface area (Å²) < 4.78 is 26.3. The molecule has 2 heterocycles. The predicted molar refractivity (Wildman–Crippen MR) is 59.7 cm³/mol. The quantitative estimate of drug-likeness (QED) is 0.865. The zero-order valence-corrected chi connectivity index (χ0v) is 9.08. The summed E-state index contributed by atoms with van der Waals surface area (Å²) in [5.41, 5.74) is 1.62. The van der Waals surface area contributed by atoms with E-state index in [-0.39, 0.29) is 0 Å². The molecule has 0 saturated heterocycles. The third-order valence-corrected chi connectivity index (χ3v) is 3.01. The number of anilines is 1. The molecular weight excluding hydrogens is 224 g/mol. The van der Waals surface area contributed by atoms with Gasteiger partial charge in [0.15, 0.2) is 11.6 Å². The van der Waals surface area contributed by atoms with Crippen molar-refractivity contribution in [3.8, 4) is 0 Å². The molecule has 0 spiro atoms. The van der Waals surface area contributed by atoms with Crippen LogP contribution in [0.25, 0.3) is 0 Å². The molecule has 1 N–H and O–H groups in total. The molecular formula is C12H11F2N3. The Morgan fingerprint density at radius 2 is 2.12 bits per heavy atom. The van der Waals surface area contributed by atoms with Gasteiger partial charge in [-0.3, -0.25) is 0 Å². The largest absolute Gasteiger partial charge is 0.363 e. The van der Waals surface area contributed by atoms with Crippen LogP contribution in [-0.2, 0) is 13.0 Å². The van der Waals surface area contributed by atoms with Crippen molar-refractivity contribution < 1.29 is 8.78 Å². The molecule has 2 aromatic rings. The monoisotopic (exact) mass is 235 g/mol. The Balaban J connectivity index is 1.90. The van der Waals surface area contributed by atoms with Crippen molar-refractivity contribution in [3.05, 3.63) is 47.5 Å². The first-order valence-electron chi connectivity index (χ1n) is 5.45. The lowest BCUT2D eigenvalue weighted by Gasteiger charge is -2.17. The van der Waals surface area contributed by atoms with Gasteiger partial charge in [-0.1, -0.05) is 0 Å². The van der Waals surface area contributed by atoms with Crippen LogP contribution in [0.3, 0.4) is 0 Å². The van der Waals surface area contributed by atoms with Crippen LogP contribution in [0.1, 0.15) is 11.4 Å². The maximum absolute atomic E-state index is 13.2. The summed E-state index contributed by atoms with van der Waals surface area (Å²) in [7, 11) is 0. The number of aromatic amines is 1. The molecule has 0 atom stereocenters. The Kier molecular flexibility index (Phi) is 2.31. The lowest BCUT2D eigenvalue weighted by atomic mass is 10.1. The topological polar surface area (TPSA) is 31.9 Å². The van der Waals surface area contributed by atoms with E-state index in [4.69, 9.17) is 0 Å². The molecule has 0 fully saturated rings. The van der Waals surface area contributed by atoms with Crippen LogP contribution in [0.4, 0.5) is 14.5 Å². The highest BCUT2D eigenvalue weighted by atomic mass is 19.2. The first-order valence-corrected chi connectivity index (χ1v) is 5.45. The number of fused-ring (bicyclic) bond motifs is 1. The average Bonchev–Trinajstić information content (AvgIpc) is 2.92. The van der Waals surface area contributed by atoms with E-state index in [1.54, 1.807) is 12.4 Å². The highest BCUT2D eigenvalue weighted by molar-refractivity contribution is 5.58. The van der Waals surface area contributed by atoms with Gasteiger partial charge in [0.1, 0.15) is 5.82 Å². The second-order valence-electron chi connectivity index (χ2n) is 4.10. The van der Waals surface area contributed by atoms with Gasteiger partial charge in [0, 0.05) is 30.7 Å². The second-order valence-corrected chi connectivity index (χ2v) is 4.10. The SMILES string of the molecule is Fc1cc2c(cc1F)N(Cc1ncc[nH]1)CC2. The summed E-state index contributed by atoms with van der Waals surface area (Å²) in [6, 6.07) is 2.55. The Labute approximate surface area is 97.1 Å². The van der Waals surface area contributed by atoms with E-state index in [2.05, 4.69) is 9.97 Å². The Morgan fingerprint density at radius 3 is 2.88 bits per heavy atom. The van der Waals surface area contributed by atoms with Gasteiger partial charge in [-0.15, -0.1) is 0 Å². The minimum atomic E-state index is -0.796. The van der Waals surface area contributed by atoms with E-state index in [1.165, 1.54) is 12.1 Å². The Bertz CT molecular complexity index is 537. The van der Waals surface area contributed by atoms with Gasteiger partial charge < -0.3 is 9.88 Å². The van der Waals surface area contributed by atoms with Crippen LogP contribution >= 0.6 is 0 Å². The minimum absolute atomic E-state index is 0.588. The van der Waals surface area contributed by atoms with Crippen molar-refractivity contribution >= 4 is 5.69 Å². The van der Waals surface area contributed by atoms with Gasteiger partial charge in [0.25, 0.3) is 0 Å². The van der Waals surface area contributed by atoms with Crippen LogP contribution in [-0.4, -0.2) is 16.5 Å². The van der Waals surface area contributed by atoms with Crippen molar-refractivity contribution in [3.63, 3.8) is 0 Å². The van der Waals surface area contributed by atoms with Crippen LogP contribution in [0, 0.1) is 11.6 Å². The highest BCUT2D eigenvalue weighted by Gasteiger charge is 2.22. The maximum atomic E-state index is 13.2. The zero-order valence-electron chi connectivity index (χ0n) is 9.08. The summed E-state index contributed by atoms with van der Waals surface area (Å²) in [5.74, 6) is -0.749. The maximum Gasteiger partial charge on any atom is 0.160 e. The minimum Gasteiger partial charge on any atom is -0.363 e. The fourth-order valence-electron chi connectivity index (χ4n) is 2.18. The summed E-state index contributed by atoms with van der Waals surface area (Å²) in [5, 5.41) is 0. The third kappa shape index (κ3) is 1.77. The predicted octanol–water partition coefficient (Wildman–Crippen LogP) is 2.25. The lowest BCUT2D eigenvalue weighted by Crippen LogP contribution is -2.20. The van der Waals surface area contributed by atoms with E-state index in [0.717, 1.165) is 30.0 Å². The van der Waals surface area contributed by atoms with Crippen LogP contribution in [0.15, 0.2) is 24.5 Å². The number of hydrogen-bond donors (Lipinski definition) is 1. The number of H-pyrrole nitrogens is 1. The third-order valence-electron chi connectivity index (χ3n) is 3.01. The van der Waals surface area contributed by atoms with Crippen molar-refractivity contribution in [1.82, 2.24) is 9.97 Å². The zero-order chi connectivity index (χ0) is 11.8. The first kappa shape index (κ1) is 10.3. The fourth-order valence-corrected chi connectivity index (χ4v) is 2.18. The number of imidazole rings is 1. The van der Waals surface area contributed by atoms with Crippen molar-refractivity contribution in [2.24, 2.45) is 0 Å². The number of benzene rings is 1. The smallest absolute Gasteiger partial charge is 0.160 e. The normalized spacial score (nSPS) is 14.1. The van der Waals surface area contributed by atoms with Gasteiger partial charge in [-0.25, -0.2) is 13.8 Å². The molecule has 0 aliphatic carbocycles. The van der Waals surface area contributed by atoms with E-state index < -0.39 is 11.6 Å². The molecule has 0 saturated carbocycles. The number of aromatic nitrogens is 2. The first-order chi connectivity index (χ1) is 8.24. The molecule has 3 rings (SSSR count). The summed E-state index contributed by atoms with van der Waals surface area (Å²) in [6.07, 6.45) is 4.17. The molecule has 0 bridgehead atoms.